The number of ether oxygens (including phenoxy) is 1. The maximum atomic E-state index is 10.8. The van der Waals surface area contributed by atoms with Crippen LogP contribution in [0, 0.1) is 0 Å². The Balaban J connectivity index is 2.53. The number of aromatic carboxylic acids is 1. The third-order valence-electron chi connectivity index (χ3n) is 2.26. The van der Waals surface area contributed by atoms with Gasteiger partial charge in [-0.05, 0) is 13.1 Å². The maximum Gasteiger partial charge on any atom is 0.372 e. The van der Waals surface area contributed by atoms with Crippen LogP contribution in [0.25, 0.3) is 0 Å². The van der Waals surface area contributed by atoms with Crippen LogP contribution in [-0.2, 0) is 11.3 Å². The van der Waals surface area contributed by atoms with Gasteiger partial charge in [0.15, 0.2) is 0 Å². The molecule has 0 aliphatic rings. The Morgan fingerprint density at radius 3 is 2.94 bits per heavy atom. The Hall–Kier alpha value is -1.37. The summed E-state index contributed by atoms with van der Waals surface area (Å²) in [4.78, 5) is 12.6. The first kappa shape index (κ1) is 13.7. The van der Waals surface area contributed by atoms with Crippen molar-refractivity contribution in [1.29, 1.82) is 0 Å². The summed E-state index contributed by atoms with van der Waals surface area (Å²) in [6.07, 6.45) is 0.753. The largest absolute Gasteiger partial charge is 0.475 e. The van der Waals surface area contributed by atoms with E-state index in [4.69, 9.17) is 14.3 Å². The van der Waals surface area contributed by atoms with Gasteiger partial charge in [0.05, 0.1) is 19.0 Å². The molecule has 0 aliphatic heterocycles. The number of carboxylic acids is 1. The maximum absolute atomic E-state index is 10.8. The summed E-state index contributed by atoms with van der Waals surface area (Å²) in [5.74, 6) is -1.14. The van der Waals surface area contributed by atoms with Crippen molar-refractivity contribution in [3.63, 3.8) is 0 Å². The zero-order chi connectivity index (χ0) is 12.8. The van der Waals surface area contributed by atoms with Crippen molar-refractivity contribution >= 4 is 5.97 Å². The molecule has 0 fully saturated rings. The quantitative estimate of drug-likeness (QED) is 0.722. The van der Waals surface area contributed by atoms with Crippen molar-refractivity contribution in [2.75, 3.05) is 27.3 Å². The van der Waals surface area contributed by atoms with Crippen LogP contribution < -0.4 is 0 Å². The van der Waals surface area contributed by atoms with Gasteiger partial charge in [-0.3, -0.25) is 4.90 Å². The van der Waals surface area contributed by atoms with Gasteiger partial charge < -0.3 is 19.4 Å². The molecule has 0 saturated heterocycles. The van der Waals surface area contributed by atoms with Crippen molar-refractivity contribution in [3.8, 4) is 0 Å². The topological polar surface area (TPSA) is 83.1 Å². The van der Waals surface area contributed by atoms with Crippen LogP contribution in [0.3, 0.4) is 0 Å². The molecule has 1 unspecified atom stereocenters. The summed E-state index contributed by atoms with van der Waals surface area (Å²) in [6.45, 7) is 1.05. The molecule has 0 aromatic carbocycles. The minimum atomic E-state index is -1.09. The van der Waals surface area contributed by atoms with E-state index in [2.05, 4.69) is 0 Å². The molecule has 6 nitrogen and oxygen atoms in total. The number of furan rings is 1. The molecule has 0 radical (unpaired) electrons. The summed E-state index contributed by atoms with van der Waals surface area (Å²) in [5, 5.41) is 18.4. The summed E-state index contributed by atoms with van der Waals surface area (Å²) in [5.41, 5.74) is 0.588. The summed E-state index contributed by atoms with van der Waals surface area (Å²) >= 11 is 0. The number of hydrogen-bond acceptors (Lipinski definition) is 5. The number of nitrogens with zero attached hydrogens (tertiary/aromatic N) is 1. The van der Waals surface area contributed by atoms with E-state index in [0.29, 0.717) is 18.7 Å². The van der Waals surface area contributed by atoms with Gasteiger partial charge in [0.2, 0.25) is 5.76 Å². The SMILES string of the molecule is COCC(O)CN(C)Cc1ccoc1C(=O)O. The van der Waals surface area contributed by atoms with Gasteiger partial charge in [-0.2, -0.15) is 0 Å². The van der Waals surface area contributed by atoms with Crippen molar-refractivity contribution in [2.24, 2.45) is 0 Å². The Labute approximate surface area is 99.4 Å². The molecule has 1 rings (SSSR count). The highest BCUT2D eigenvalue weighted by Crippen LogP contribution is 2.12. The number of aliphatic hydroxyl groups is 1. The van der Waals surface area contributed by atoms with Crippen LogP contribution in [-0.4, -0.2) is 54.5 Å². The molecule has 0 saturated carbocycles. The minimum Gasteiger partial charge on any atom is -0.475 e. The van der Waals surface area contributed by atoms with Crippen LogP contribution in [0.15, 0.2) is 16.7 Å². The highest BCUT2D eigenvalue weighted by molar-refractivity contribution is 5.86. The smallest absolute Gasteiger partial charge is 0.372 e. The van der Waals surface area contributed by atoms with E-state index in [0.717, 1.165) is 0 Å². The van der Waals surface area contributed by atoms with Crippen molar-refractivity contribution in [2.45, 2.75) is 12.6 Å². The van der Waals surface area contributed by atoms with Crippen LogP contribution in [0.2, 0.25) is 0 Å². The van der Waals surface area contributed by atoms with Gasteiger partial charge in [-0.1, -0.05) is 0 Å². The Morgan fingerprint density at radius 1 is 1.65 bits per heavy atom. The molecule has 0 aliphatic carbocycles. The van der Waals surface area contributed by atoms with Crippen LogP contribution >= 0.6 is 0 Å². The van der Waals surface area contributed by atoms with Gasteiger partial charge in [-0.25, -0.2) is 4.79 Å². The van der Waals surface area contributed by atoms with E-state index in [1.54, 1.807) is 18.0 Å². The van der Waals surface area contributed by atoms with Crippen molar-refractivity contribution < 1.29 is 24.2 Å². The molecule has 1 aromatic rings. The van der Waals surface area contributed by atoms with Gasteiger partial charge in [-0.15, -0.1) is 0 Å². The normalized spacial score (nSPS) is 12.9. The molecule has 17 heavy (non-hydrogen) atoms. The standard InChI is InChI=1S/C11H17NO5/c1-12(6-9(13)7-16-2)5-8-3-4-17-10(8)11(14)15/h3-4,9,13H,5-7H2,1-2H3,(H,14,15). The van der Waals surface area contributed by atoms with Gasteiger partial charge in [0.25, 0.3) is 0 Å². The zero-order valence-corrected chi connectivity index (χ0v) is 9.92. The Bertz CT molecular complexity index is 362. The number of carboxylic acid groups (broad SMARTS) is 1. The Kier molecular flexibility index (Phi) is 5.14. The van der Waals surface area contributed by atoms with E-state index in [9.17, 15) is 9.90 Å². The minimum absolute atomic E-state index is 0.0573. The van der Waals surface area contributed by atoms with Gasteiger partial charge in [0.1, 0.15) is 0 Å². The summed E-state index contributed by atoms with van der Waals surface area (Å²) in [7, 11) is 3.30. The van der Waals surface area contributed by atoms with Gasteiger partial charge >= 0.3 is 5.97 Å². The lowest BCUT2D eigenvalue weighted by Gasteiger charge is -2.19. The lowest BCUT2D eigenvalue weighted by molar-refractivity contribution is 0.0416. The molecular formula is C11H17NO5. The molecule has 6 heteroatoms. The number of methoxy groups -OCH3 is 1. The predicted molar refractivity (Wildman–Crippen MR) is 59.9 cm³/mol. The molecular weight excluding hydrogens is 226 g/mol. The molecule has 1 atom stereocenters. The van der Waals surface area contributed by atoms with Crippen LogP contribution in [0.1, 0.15) is 16.1 Å². The number of hydrogen-bond donors (Lipinski definition) is 2. The highest BCUT2D eigenvalue weighted by Gasteiger charge is 2.16. The fraction of sp³-hybridized carbons (Fsp3) is 0.545. The monoisotopic (exact) mass is 243 g/mol. The number of aliphatic hydroxyl groups excluding tert-OH is 1. The predicted octanol–water partition coefficient (Wildman–Crippen LogP) is 0.417. The Morgan fingerprint density at radius 2 is 2.35 bits per heavy atom. The third-order valence-corrected chi connectivity index (χ3v) is 2.26. The second-order valence-electron chi connectivity index (χ2n) is 3.89. The van der Waals surface area contributed by atoms with Crippen LogP contribution in [0.4, 0.5) is 0 Å². The number of likely N-dealkylation sites (N-methyl/N-ethyl adjacent to an activating group) is 1. The fourth-order valence-corrected chi connectivity index (χ4v) is 1.61. The fourth-order valence-electron chi connectivity index (χ4n) is 1.61. The van der Waals surface area contributed by atoms with E-state index in [1.165, 1.54) is 13.4 Å². The first-order valence-electron chi connectivity index (χ1n) is 5.19. The molecule has 0 amide bonds. The van der Waals surface area contributed by atoms with Crippen molar-refractivity contribution in [1.82, 2.24) is 4.90 Å². The molecule has 1 heterocycles. The van der Waals surface area contributed by atoms with Crippen molar-refractivity contribution in [3.05, 3.63) is 23.7 Å². The lowest BCUT2D eigenvalue weighted by Crippen LogP contribution is -2.31. The summed E-state index contributed by atoms with van der Waals surface area (Å²) < 4.78 is 9.68. The first-order valence-corrected chi connectivity index (χ1v) is 5.19. The molecule has 1 aromatic heterocycles. The lowest BCUT2D eigenvalue weighted by atomic mass is 10.2. The van der Waals surface area contributed by atoms with E-state index in [-0.39, 0.29) is 12.4 Å². The zero-order valence-electron chi connectivity index (χ0n) is 9.92. The van der Waals surface area contributed by atoms with Gasteiger partial charge in [0, 0.05) is 25.8 Å². The molecule has 0 spiro atoms. The van der Waals surface area contributed by atoms with E-state index < -0.39 is 12.1 Å². The third kappa shape index (κ3) is 4.18. The second kappa shape index (κ2) is 6.39. The van der Waals surface area contributed by atoms with Crippen LogP contribution in [0.5, 0.6) is 0 Å². The number of rotatable bonds is 7. The average molecular weight is 243 g/mol. The summed E-state index contributed by atoms with van der Waals surface area (Å²) in [6, 6.07) is 1.61. The highest BCUT2D eigenvalue weighted by atomic mass is 16.5. The van der Waals surface area contributed by atoms with E-state index >= 15 is 0 Å². The average Bonchev–Trinajstić information content (AvgIpc) is 2.65. The first-order chi connectivity index (χ1) is 8.04. The van der Waals surface area contributed by atoms with E-state index in [1.807, 2.05) is 0 Å². The molecule has 2 N–H and O–H groups in total. The molecule has 96 valence electrons. The molecule has 0 bridgehead atoms. The number of carbonyl (C=O) groups is 1. The second-order valence-corrected chi connectivity index (χ2v) is 3.89.